The first-order chi connectivity index (χ1) is 7.66. The number of furan rings is 2. The number of carbonyl (C=O) groups is 2. The zero-order chi connectivity index (χ0) is 11.5. The molecule has 0 saturated heterocycles. The molecular formula is C11H9NO4. The van der Waals surface area contributed by atoms with Crippen LogP contribution in [0.3, 0.4) is 0 Å². The van der Waals surface area contributed by atoms with Gasteiger partial charge in [-0.15, -0.1) is 0 Å². The van der Waals surface area contributed by atoms with Crippen LogP contribution in [0.5, 0.6) is 0 Å². The Morgan fingerprint density at radius 1 is 1.25 bits per heavy atom. The number of hydrogen-bond acceptors (Lipinski definition) is 4. The maximum atomic E-state index is 11.5. The van der Waals surface area contributed by atoms with Gasteiger partial charge in [-0.2, -0.15) is 0 Å². The number of carbonyl (C=O) groups excluding carboxylic acids is 2. The van der Waals surface area contributed by atoms with E-state index in [2.05, 4.69) is 5.32 Å². The van der Waals surface area contributed by atoms with Gasteiger partial charge in [-0.05, 0) is 12.1 Å². The van der Waals surface area contributed by atoms with Crippen molar-refractivity contribution in [1.29, 1.82) is 0 Å². The summed E-state index contributed by atoms with van der Waals surface area (Å²) >= 11 is 0. The Morgan fingerprint density at radius 3 is 2.62 bits per heavy atom. The first-order valence-corrected chi connectivity index (χ1v) is 4.61. The Labute approximate surface area is 91.0 Å². The van der Waals surface area contributed by atoms with Crippen molar-refractivity contribution in [2.45, 2.75) is 6.92 Å². The van der Waals surface area contributed by atoms with Gasteiger partial charge < -0.3 is 14.2 Å². The number of amides is 1. The maximum Gasteiger partial charge on any atom is 0.291 e. The molecule has 0 spiro atoms. The van der Waals surface area contributed by atoms with Gasteiger partial charge in [0.1, 0.15) is 6.26 Å². The molecule has 2 aromatic heterocycles. The summed E-state index contributed by atoms with van der Waals surface area (Å²) in [6, 6.07) is 4.62. The molecule has 16 heavy (non-hydrogen) atoms. The van der Waals surface area contributed by atoms with Gasteiger partial charge in [0.25, 0.3) is 5.91 Å². The summed E-state index contributed by atoms with van der Waals surface area (Å²) in [4.78, 5) is 22.5. The van der Waals surface area contributed by atoms with Crippen LogP contribution in [0, 0.1) is 0 Å². The first kappa shape index (κ1) is 10.2. The highest BCUT2D eigenvalue weighted by Crippen LogP contribution is 2.15. The van der Waals surface area contributed by atoms with Crippen molar-refractivity contribution >= 4 is 17.4 Å². The van der Waals surface area contributed by atoms with Crippen molar-refractivity contribution in [1.82, 2.24) is 0 Å². The lowest BCUT2D eigenvalue weighted by molar-refractivity contribution is 0.0983. The largest absolute Gasteiger partial charge is 0.459 e. The highest BCUT2D eigenvalue weighted by Gasteiger charge is 2.11. The van der Waals surface area contributed by atoms with Crippen molar-refractivity contribution in [3.05, 3.63) is 42.2 Å². The van der Waals surface area contributed by atoms with Crippen LogP contribution in [-0.4, -0.2) is 11.7 Å². The minimum absolute atomic E-state index is 0.196. The summed E-state index contributed by atoms with van der Waals surface area (Å²) in [7, 11) is 0. The van der Waals surface area contributed by atoms with Crippen LogP contribution < -0.4 is 5.32 Å². The highest BCUT2D eigenvalue weighted by atomic mass is 16.3. The zero-order valence-corrected chi connectivity index (χ0v) is 8.52. The Bertz CT molecular complexity index is 510. The Morgan fingerprint density at radius 2 is 2.06 bits per heavy atom. The molecule has 2 rings (SSSR count). The highest BCUT2D eigenvalue weighted by molar-refractivity contribution is 6.02. The third-order valence-electron chi connectivity index (χ3n) is 1.95. The van der Waals surface area contributed by atoms with Gasteiger partial charge in [0.15, 0.2) is 17.3 Å². The first-order valence-electron chi connectivity index (χ1n) is 4.61. The molecule has 5 nitrogen and oxygen atoms in total. The summed E-state index contributed by atoms with van der Waals surface area (Å²) in [5, 5.41) is 2.54. The minimum Gasteiger partial charge on any atom is -0.459 e. The standard InChI is InChI=1S/C11H9NO4/c1-7(13)10-5-8(6-16-10)12-11(14)9-3-2-4-15-9/h2-6H,1H3,(H,12,14). The number of hydrogen-bond donors (Lipinski definition) is 1. The molecule has 0 radical (unpaired) electrons. The summed E-state index contributed by atoms with van der Waals surface area (Å²) < 4.78 is 9.86. The number of rotatable bonds is 3. The molecule has 0 saturated carbocycles. The average Bonchev–Trinajstić information content (AvgIpc) is 2.87. The van der Waals surface area contributed by atoms with Gasteiger partial charge in [0.2, 0.25) is 0 Å². The van der Waals surface area contributed by atoms with Crippen molar-refractivity contribution < 1.29 is 18.4 Å². The van der Waals surface area contributed by atoms with E-state index in [1.165, 1.54) is 25.5 Å². The van der Waals surface area contributed by atoms with Crippen LogP contribution in [0.25, 0.3) is 0 Å². The second-order valence-electron chi connectivity index (χ2n) is 3.19. The van der Waals surface area contributed by atoms with Gasteiger partial charge >= 0.3 is 0 Å². The van der Waals surface area contributed by atoms with E-state index >= 15 is 0 Å². The molecule has 5 heteroatoms. The van der Waals surface area contributed by atoms with Gasteiger partial charge in [0.05, 0.1) is 12.0 Å². The fourth-order valence-electron chi connectivity index (χ4n) is 1.19. The molecule has 0 aliphatic rings. The molecule has 0 fully saturated rings. The van der Waals surface area contributed by atoms with Crippen molar-refractivity contribution in [3.63, 3.8) is 0 Å². The molecule has 0 atom stereocenters. The summed E-state index contributed by atoms with van der Waals surface area (Å²) in [5.74, 6) is -0.181. The summed E-state index contributed by atoms with van der Waals surface area (Å²) in [5.41, 5.74) is 0.423. The smallest absolute Gasteiger partial charge is 0.291 e. The van der Waals surface area contributed by atoms with E-state index in [4.69, 9.17) is 8.83 Å². The third-order valence-corrected chi connectivity index (χ3v) is 1.95. The maximum absolute atomic E-state index is 11.5. The van der Waals surface area contributed by atoms with E-state index in [-0.39, 0.29) is 23.2 Å². The molecule has 1 N–H and O–H groups in total. The van der Waals surface area contributed by atoms with Crippen LogP contribution in [-0.2, 0) is 0 Å². The van der Waals surface area contributed by atoms with Crippen LogP contribution >= 0.6 is 0 Å². The zero-order valence-electron chi connectivity index (χ0n) is 8.52. The lowest BCUT2D eigenvalue weighted by atomic mass is 10.3. The fraction of sp³-hybridized carbons (Fsp3) is 0.0909. The molecule has 0 unspecified atom stereocenters. The Balaban J connectivity index is 2.09. The Kier molecular flexibility index (Phi) is 2.59. The average molecular weight is 219 g/mol. The predicted octanol–water partition coefficient (Wildman–Crippen LogP) is 2.33. The van der Waals surface area contributed by atoms with Crippen LogP contribution in [0.15, 0.2) is 39.6 Å². The number of anilines is 1. The topological polar surface area (TPSA) is 72.5 Å². The molecule has 1 amide bonds. The van der Waals surface area contributed by atoms with Crippen LogP contribution in [0.1, 0.15) is 28.0 Å². The van der Waals surface area contributed by atoms with Gasteiger partial charge in [-0.1, -0.05) is 0 Å². The molecule has 0 aromatic carbocycles. The monoisotopic (exact) mass is 219 g/mol. The minimum atomic E-state index is -0.388. The lowest BCUT2D eigenvalue weighted by Gasteiger charge is -1.96. The quantitative estimate of drug-likeness (QED) is 0.804. The van der Waals surface area contributed by atoms with Crippen molar-refractivity contribution in [3.8, 4) is 0 Å². The molecule has 2 heterocycles. The molecule has 0 bridgehead atoms. The van der Waals surface area contributed by atoms with E-state index < -0.39 is 0 Å². The van der Waals surface area contributed by atoms with Gasteiger partial charge in [-0.3, -0.25) is 9.59 Å². The number of Topliss-reactive ketones (excluding diaryl/α,β-unsaturated/α-hetero) is 1. The lowest BCUT2D eigenvalue weighted by Crippen LogP contribution is -2.09. The molecule has 0 aliphatic carbocycles. The van der Waals surface area contributed by atoms with Crippen LogP contribution in [0.2, 0.25) is 0 Å². The second kappa shape index (κ2) is 4.06. The van der Waals surface area contributed by atoms with Crippen molar-refractivity contribution in [2.75, 3.05) is 5.32 Å². The molecular weight excluding hydrogens is 210 g/mol. The van der Waals surface area contributed by atoms with Gasteiger partial charge in [0, 0.05) is 13.0 Å². The fourth-order valence-corrected chi connectivity index (χ4v) is 1.19. The van der Waals surface area contributed by atoms with E-state index in [1.807, 2.05) is 0 Å². The van der Waals surface area contributed by atoms with Gasteiger partial charge in [-0.25, -0.2) is 0 Å². The van der Waals surface area contributed by atoms with Crippen molar-refractivity contribution in [2.24, 2.45) is 0 Å². The number of nitrogens with one attached hydrogen (secondary N) is 1. The van der Waals surface area contributed by atoms with E-state index in [1.54, 1.807) is 12.1 Å². The molecule has 2 aromatic rings. The van der Waals surface area contributed by atoms with E-state index in [9.17, 15) is 9.59 Å². The normalized spacial score (nSPS) is 10.1. The molecule has 82 valence electrons. The van der Waals surface area contributed by atoms with E-state index in [0.29, 0.717) is 5.69 Å². The SMILES string of the molecule is CC(=O)c1cc(NC(=O)c2ccco2)co1. The Hall–Kier alpha value is -2.30. The summed E-state index contributed by atoms with van der Waals surface area (Å²) in [6.07, 6.45) is 2.71. The third kappa shape index (κ3) is 2.03. The second-order valence-corrected chi connectivity index (χ2v) is 3.19. The summed E-state index contributed by atoms with van der Waals surface area (Å²) in [6.45, 7) is 1.39. The van der Waals surface area contributed by atoms with Crippen LogP contribution in [0.4, 0.5) is 5.69 Å². The van der Waals surface area contributed by atoms with E-state index in [0.717, 1.165) is 0 Å². The number of ketones is 1. The predicted molar refractivity (Wildman–Crippen MR) is 55.4 cm³/mol. The molecule has 0 aliphatic heterocycles.